The number of hydrogen-bond donors (Lipinski definition) is 1. The number of carbonyl (C=O) groups is 1. The first-order valence-electron chi connectivity index (χ1n) is 5.62. The zero-order valence-electron chi connectivity index (χ0n) is 10.9. The van der Waals surface area contributed by atoms with E-state index < -0.39 is 16.0 Å². The van der Waals surface area contributed by atoms with E-state index >= 15 is 0 Å². The fourth-order valence-corrected chi connectivity index (χ4v) is 2.61. The Morgan fingerprint density at radius 3 is 2.55 bits per heavy atom. The molecule has 1 N–H and O–H groups in total. The second kappa shape index (κ2) is 5.06. The summed E-state index contributed by atoms with van der Waals surface area (Å²) in [5, 5.41) is 9.25. The number of hydrogen-bond acceptors (Lipinski definition) is 4. The molecule has 1 heterocycles. The molecule has 2 rings (SSSR count). The number of benzene rings is 1. The van der Waals surface area contributed by atoms with Gasteiger partial charge in [0.1, 0.15) is 0 Å². The molecule has 0 atom stereocenters. The van der Waals surface area contributed by atoms with Crippen LogP contribution in [0.2, 0.25) is 0 Å². The maximum atomic E-state index is 12.0. The smallest absolute Gasteiger partial charge is 0.337 e. The van der Waals surface area contributed by atoms with Gasteiger partial charge in [-0.25, -0.2) is 22.5 Å². The molecule has 0 aliphatic heterocycles. The Bertz CT molecular complexity index is 736. The first-order valence-corrected chi connectivity index (χ1v) is 7.06. The number of imidazole rings is 1. The lowest BCUT2D eigenvalue weighted by Gasteiger charge is -2.13. The van der Waals surface area contributed by atoms with E-state index in [2.05, 4.69) is 4.98 Å². The van der Waals surface area contributed by atoms with Crippen molar-refractivity contribution in [1.82, 2.24) is 13.9 Å². The van der Waals surface area contributed by atoms with Gasteiger partial charge in [-0.2, -0.15) is 0 Å². The van der Waals surface area contributed by atoms with Gasteiger partial charge in [-0.1, -0.05) is 0 Å². The van der Waals surface area contributed by atoms with Crippen LogP contribution in [0, 0.1) is 0 Å². The van der Waals surface area contributed by atoms with E-state index in [-0.39, 0.29) is 10.5 Å². The van der Waals surface area contributed by atoms with E-state index in [4.69, 9.17) is 0 Å². The van der Waals surface area contributed by atoms with Crippen LogP contribution in [0.4, 0.5) is 0 Å². The van der Waals surface area contributed by atoms with E-state index in [1.165, 1.54) is 43.3 Å². The lowest BCUT2D eigenvalue weighted by molar-refractivity contribution is 0.0696. The molecule has 106 valence electrons. The molecule has 0 saturated carbocycles. The van der Waals surface area contributed by atoms with Gasteiger partial charge in [-0.15, -0.1) is 0 Å². The van der Waals surface area contributed by atoms with Gasteiger partial charge in [0.15, 0.2) is 0 Å². The number of carboxylic acid groups (broad SMARTS) is 1. The van der Waals surface area contributed by atoms with Crippen molar-refractivity contribution in [3.8, 4) is 5.69 Å². The number of sulfonamides is 1. The summed E-state index contributed by atoms with van der Waals surface area (Å²) in [5.41, 5.74) is 0.249. The zero-order chi connectivity index (χ0) is 14.9. The zero-order valence-corrected chi connectivity index (χ0v) is 11.7. The molecule has 20 heavy (non-hydrogen) atoms. The molecular weight excluding hydrogens is 282 g/mol. The summed E-state index contributed by atoms with van der Waals surface area (Å²) < 4.78 is 26.6. The maximum Gasteiger partial charge on any atom is 0.337 e. The molecule has 0 bridgehead atoms. The highest BCUT2D eigenvalue weighted by molar-refractivity contribution is 7.89. The van der Waals surface area contributed by atoms with Gasteiger partial charge in [0, 0.05) is 26.5 Å². The summed E-state index contributed by atoms with van der Waals surface area (Å²) in [6.45, 7) is 0. The highest BCUT2D eigenvalue weighted by atomic mass is 32.2. The Balaban J connectivity index is 2.64. The number of rotatable bonds is 4. The van der Waals surface area contributed by atoms with Crippen LogP contribution in [0.15, 0.2) is 41.8 Å². The van der Waals surface area contributed by atoms with Crippen molar-refractivity contribution in [3.05, 3.63) is 42.5 Å². The normalized spacial score (nSPS) is 11.8. The largest absolute Gasteiger partial charge is 0.478 e. The summed E-state index contributed by atoms with van der Waals surface area (Å²) in [7, 11) is -0.896. The summed E-state index contributed by atoms with van der Waals surface area (Å²) in [6, 6.07) is 3.96. The molecule has 0 radical (unpaired) electrons. The lowest BCUT2D eigenvalue weighted by Crippen LogP contribution is -2.22. The van der Waals surface area contributed by atoms with Crippen molar-refractivity contribution >= 4 is 16.0 Å². The van der Waals surface area contributed by atoms with Crippen molar-refractivity contribution in [2.24, 2.45) is 0 Å². The van der Waals surface area contributed by atoms with Crippen molar-refractivity contribution < 1.29 is 18.3 Å². The standard InChI is InChI=1S/C12H13N3O4S/c1-14(2)20(18,19)9-3-4-11(10(7-9)12(16)17)15-6-5-13-8-15/h3-8H,1-2H3,(H,16,17). The highest BCUT2D eigenvalue weighted by Gasteiger charge is 2.21. The van der Waals surface area contributed by atoms with Crippen LogP contribution < -0.4 is 0 Å². The Morgan fingerprint density at radius 2 is 2.05 bits per heavy atom. The van der Waals surface area contributed by atoms with Gasteiger partial charge in [-0.3, -0.25) is 0 Å². The molecule has 0 saturated heterocycles. The average molecular weight is 295 g/mol. The fourth-order valence-electron chi connectivity index (χ4n) is 1.68. The van der Waals surface area contributed by atoms with Gasteiger partial charge in [0.2, 0.25) is 10.0 Å². The Hall–Kier alpha value is -2.19. The molecule has 2 aromatic rings. The maximum absolute atomic E-state index is 12.0. The van der Waals surface area contributed by atoms with Gasteiger partial charge in [-0.05, 0) is 18.2 Å². The molecule has 7 nitrogen and oxygen atoms in total. The highest BCUT2D eigenvalue weighted by Crippen LogP contribution is 2.21. The van der Waals surface area contributed by atoms with Gasteiger partial charge >= 0.3 is 5.97 Å². The average Bonchev–Trinajstić information content (AvgIpc) is 2.91. The van der Waals surface area contributed by atoms with Crippen LogP contribution in [0.3, 0.4) is 0 Å². The molecule has 8 heteroatoms. The molecular formula is C12H13N3O4S. The second-order valence-electron chi connectivity index (χ2n) is 4.24. The van der Waals surface area contributed by atoms with Crippen molar-refractivity contribution in [2.45, 2.75) is 4.90 Å². The van der Waals surface area contributed by atoms with E-state index in [1.54, 1.807) is 6.20 Å². The van der Waals surface area contributed by atoms with E-state index in [0.29, 0.717) is 5.69 Å². The summed E-state index contributed by atoms with van der Waals surface area (Å²) in [4.78, 5) is 15.1. The minimum absolute atomic E-state index is 0.0660. The Labute approximate surface area is 116 Å². The molecule has 0 fully saturated rings. The van der Waals surface area contributed by atoms with Gasteiger partial charge in [0.25, 0.3) is 0 Å². The van der Waals surface area contributed by atoms with Crippen molar-refractivity contribution in [2.75, 3.05) is 14.1 Å². The summed E-state index contributed by atoms with van der Waals surface area (Å²) >= 11 is 0. The van der Waals surface area contributed by atoms with Crippen LogP contribution in [0.25, 0.3) is 5.69 Å². The minimum Gasteiger partial charge on any atom is -0.478 e. The number of nitrogens with zero attached hydrogens (tertiary/aromatic N) is 3. The third-order valence-corrected chi connectivity index (χ3v) is 4.57. The van der Waals surface area contributed by atoms with Crippen molar-refractivity contribution in [1.29, 1.82) is 0 Å². The van der Waals surface area contributed by atoms with Gasteiger partial charge < -0.3 is 9.67 Å². The quantitative estimate of drug-likeness (QED) is 0.901. The predicted octanol–water partition coefficient (Wildman–Crippen LogP) is 0.821. The fraction of sp³-hybridized carbons (Fsp3) is 0.167. The third kappa shape index (κ3) is 2.43. The van der Waals surface area contributed by atoms with Crippen LogP contribution >= 0.6 is 0 Å². The van der Waals surface area contributed by atoms with Crippen LogP contribution in [-0.4, -0.2) is 47.4 Å². The molecule has 0 unspecified atom stereocenters. The van der Waals surface area contributed by atoms with Crippen LogP contribution in [-0.2, 0) is 10.0 Å². The second-order valence-corrected chi connectivity index (χ2v) is 6.39. The Kier molecular flexibility index (Phi) is 3.60. The van der Waals surface area contributed by atoms with E-state index in [9.17, 15) is 18.3 Å². The monoisotopic (exact) mass is 295 g/mol. The SMILES string of the molecule is CN(C)S(=O)(=O)c1ccc(-n2ccnc2)c(C(=O)O)c1. The van der Waals surface area contributed by atoms with E-state index in [1.807, 2.05) is 0 Å². The predicted molar refractivity (Wildman–Crippen MR) is 71.4 cm³/mol. The molecule has 1 aromatic heterocycles. The van der Waals surface area contributed by atoms with Gasteiger partial charge in [0.05, 0.1) is 22.5 Å². The number of aromatic nitrogens is 2. The first-order chi connectivity index (χ1) is 9.34. The third-order valence-electron chi connectivity index (χ3n) is 2.76. The summed E-state index contributed by atoms with van der Waals surface area (Å²) in [5.74, 6) is -1.20. The summed E-state index contributed by atoms with van der Waals surface area (Å²) in [6.07, 6.45) is 4.54. The number of carboxylic acids is 1. The molecule has 0 aliphatic carbocycles. The first kappa shape index (κ1) is 14.2. The van der Waals surface area contributed by atoms with Crippen molar-refractivity contribution in [3.63, 3.8) is 0 Å². The lowest BCUT2D eigenvalue weighted by atomic mass is 10.2. The minimum atomic E-state index is -3.67. The van der Waals surface area contributed by atoms with Crippen LogP contribution in [0.5, 0.6) is 0 Å². The molecule has 0 spiro atoms. The molecule has 0 amide bonds. The topological polar surface area (TPSA) is 92.5 Å². The number of aromatic carboxylic acids is 1. The molecule has 1 aromatic carbocycles. The Morgan fingerprint density at radius 1 is 1.35 bits per heavy atom. The van der Waals surface area contributed by atoms with Crippen LogP contribution in [0.1, 0.15) is 10.4 Å². The molecule has 0 aliphatic rings. The van der Waals surface area contributed by atoms with E-state index in [0.717, 1.165) is 10.4 Å².